The van der Waals surface area contributed by atoms with Gasteiger partial charge < -0.3 is 11.1 Å². The Morgan fingerprint density at radius 3 is 2.52 bits per heavy atom. The molecule has 1 heterocycles. The number of hydrogen-bond acceptors (Lipinski definition) is 5. The highest BCUT2D eigenvalue weighted by Crippen LogP contribution is 2.09. The van der Waals surface area contributed by atoms with Crippen LogP contribution in [0.4, 0.5) is 0 Å². The minimum absolute atomic E-state index is 0. The molecule has 23 heavy (non-hydrogen) atoms. The summed E-state index contributed by atoms with van der Waals surface area (Å²) in [6, 6.07) is 7.60. The molecule has 0 radical (unpaired) electrons. The SMILES string of the molecule is CC(C)CC(CN)NC(=O)Cc1ccc(-n2cnnn2)cc1.Cl. The predicted molar refractivity (Wildman–Crippen MR) is 90.5 cm³/mol. The van der Waals surface area contributed by atoms with E-state index in [1.807, 2.05) is 24.3 Å². The number of halogens is 1. The van der Waals surface area contributed by atoms with Crippen molar-refractivity contribution >= 4 is 18.3 Å². The Morgan fingerprint density at radius 2 is 2.00 bits per heavy atom. The van der Waals surface area contributed by atoms with Gasteiger partial charge in [-0.1, -0.05) is 26.0 Å². The largest absolute Gasteiger partial charge is 0.352 e. The summed E-state index contributed by atoms with van der Waals surface area (Å²) in [6.45, 7) is 4.70. The van der Waals surface area contributed by atoms with E-state index < -0.39 is 0 Å². The molecule has 0 fully saturated rings. The number of nitrogens with zero attached hydrogens (tertiary/aromatic N) is 4. The molecule has 1 unspecified atom stereocenters. The summed E-state index contributed by atoms with van der Waals surface area (Å²) in [5.41, 5.74) is 7.50. The maximum atomic E-state index is 12.1. The predicted octanol–water partition coefficient (Wildman–Crippen LogP) is 1.12. The number of aromatic nitrogens is 4. The van der Waals surface area contributed by atoms with Gasteiger partial charge in [0.05, 0.1) is 12.1 Å². The van der Waals surface area contributed by atoms with Crippen LogP contribution in [0.15, 0.2) is 30.6 Å². The molecule has 1 atom stereocenters. The molecule has 0 bridgehead atoms. The monoisotopic (exact) mass is 338 g/mol. The lowest BCUT2D eigenvalue weighted by molar-refractivity contribution is -0.121. The van der Waals surface area contributed by atoms with E-state index >= 15 is 0 Å². The molecule has 0 aliphatic rings. The molecule has 0 aliphatic carbocycles. The number of benzene rings is 1. The molecular weight excluding hydrogens is 316 g/mol. The van der Waals surface area contributed by atoms with Crippen LogP contribution in [0.1, 0.15) is 25.8 Å². The van der Waals surface area contributed by atoms with Gasteiger partial charge in [0.2, 0.25) is 5.91 Å². The molecule has 3 N–H and O–H groups in total. The normalized spacial score (nSPS) is 11.8. The van der Waals surface area contributed by atoms with Gasteiger partial charge in [0.25, 0.3) is 0 Å². The molecule has 7 nitrogen and oxygen atoms in total. The molecule has 0 saturated heterocycles. The average Bonchev–Trinajstić information content (AvgIpc) is 3.01. The Kier molecular flexibility index (Phi) is 7.64. The summed E-state index contributed by atoms with van der Waals surface area (Å²) in [5, 5.41) is 14.0. The third-order valence-electron chi connectivity index (χ3n) is 3.32. The van der Waals surface area contributed by atoms with Crippen LogP contribution >= 0.6 is 12.4 Å². The van der Waals surface area contributed by atoms with E-state index in [1.54, 1.807) is 4.68 Å². The van der Waals surface area contributed by atoms with E-state index in [9.17, 15) is 4.79 Å². The number of nitrogens with one attached hydrogen (secondary N) is 1. The Balaban J connectivity index is 0.00000264. The van der Waals surface area contributed by atoms with Crippen molar-refractivity contribution in [3.8, 4) is 5.69 Å². The minimum atomic E-state index is -0.00808. The van der Waals surface area contributed by atoms with Crippen molar-refractivity contribution in [2.75, 3.05) is 6.54 Å². The molecule has 1 aromatic heterocycles. The van der Waals surface area contributed by atoms with E-state index in [0.29, 0.717) is 18.9 Å². The first kappa shape index (κ1) is 19.1. The molecule has 2 rings (SSSR count). The second kappa shape index (κ2) is 9.22. The smallest absolute Gasteiger partial charge is 0.224 e. The zero-order valence-corrected chi connectivity index (χ0v) is 14.2. The summed E-state index contributed by atoms with van der Waals surface area (Å²) < 4.78 is 1.57. The summed E-state index contributed by atoms with van der Waals surface area (Å²) in [6.07, 6.45) is 2.75. The third kappa shape index (κ3) is 5.96. The van der Waals surface area contributed by atoms with Gasteiger partial charge >= 0.3 is 0 Å². The number of carbonyl (C=O) groups is 1. The van der Waals surface area contributed by atoms with Crippen molar-refractivity contribution in [2.24, 2.45) is 11.7 Å². The molecule has 0 saturated carbocycles. The first-order valence-electron chi connectivity index (χ1n) is 7.40. The fourth-order valence-electron chi connectivity index (χ4n) is 2.29. The van der Waals surface area contributed by atoms with Crippen LogP contribution in [0.5, 0.6) is 0 Å². The van der Waals surface area contributed by atoms with Gasteiger partial charge in [0, 0.05) is 12.6 Å². The van der Waals surface area contributed by atoms with Crippen LogP contribution in [0, 0.1) is 5.92 Å². The van der Waals surface area contributed by atoms with Gasteiger partial charge in [-0.2, -0.15) is 0 Å². The number of carbonyl (C=O) groups excluding carboxylic acids is 1. The molecule has 8 heteroatoms. The van der Waals surface area contributed by atoms with Crippen LogP contribution in [-0.2, 0) is 11.2 Å². The fourth-order valence-corrected chi connectivity index (χ4v) is 2.29. The number of tetrazole rings is 1. The second-order valence-electron chi connectivity index (χ2n) is 5.73. The second-order valence-corrected chi connectivity index (χ2v) is 5.73. The summed E-state index contributed by atoms with van der Waals surface area (Å²) in [7, 11) is 0. The zero-order valence-electron chi connectivity index (χ0n) is 13.3. The number of amides is 1. The summed E-state index contributed by atoms with van der Waals surface area (Å²) >= 11 is 0. The van der Waals surface area contributed by atoms with Gasteiger partial charge in [-0.3, -0.25) is 4.79 Å². The molecular formula is C15H23ClN6O. The van der Waals surface area contributed by atoms with Crippen LogP contribution in [0.25, 0.3) is 5.69 Å². The van der Waals surface area contributed by atoms with E-state index in [1.165, 1.54) is 6.33 Å². The highest BCUT2D eigenvalue weighted by molar-refractivity contribution is 5.85. The molecule has 1 aromatic carbocycles. The van der Waals surface area contributed by atoms with Crippen molar-refractivity contribution in [1.29, 1.82) is 0 Å². The van der Waals surface area contributed by atoms with Crippen LogP contribution < -0.4 is 11.1 Å². The Hall–Kier alpha value is -1.99. The van der Waals surface area contributed by atoms with Gasteiger partial charge in [-0.05, 0) is 40.5 Å². The first-order chi connectivity index (χ1) is 10.6. The van der Waals surface area contributed by atoms with Crippen molar-refractivity contribution < 1.29 is 4.79 Å². The Labute approximate surface area is 142 Å². The molecule has 126 valence electrons. The molecule has 0 aliphatic heterocycles. The number of hydrogen-bond donors (Lipinski definition) is 2. The lowest BCUT2D eigenvalue weighted by atomic mass is 10.0. The zero-order chi connectivity index (χ0) is 15.9. The number of rotatable bonds is 7. The molecule has 2 aromatic rings. The minimum Gasteiger partial charge on any atom is -0.352 e. The van der Waals surface area contributed by atoms with Gasteiger partial charge in [0.15, 0.2) is 0 Å². The van der Waals surface area contributed by atoms with Crippen molar-refractivity contribution in [1.82, 2.24) is 25.5 Å². The first-order valence-corrected chi connectivity index (χ1v) is 7.40. The van der Waals surface area contributed by atoms with E-state index in [-0.39, 0.29) is 24.4 Å². The lowest BCUT2D eigenvalue weighted by Crippen LogP contribution is -2.41. The maximum absolute atomic E-state index is 12.1. The molecule has 0 spiro atoms. The van der Waals surface area contributed by atoms with E-state index in [4.69, 9.17) is 5.73 Å². The van der Waals surface area contributed by atoms with Crippen LogP contribution in [-0.4, -0.2) is 38.7 Å². The quantitative estimate of drug-likeness (QED) is 0.788. The van der Waals surface area contributed by atoms with Gasteiger partial charge in [-0.25, -0.2) is 4.68 Å². The topological polar surface area (TPSA) is 98.7 Å². The van der Waals surface area contributed by atoms with Gasteiger partial charge in [0.1, 0.15) is 6.33 Å². The van der Waals surface area contributed by atoms with E-state index in [2.05, 4.69) is 34.7 Å². The molecule has 1 amide bonds. The summed E-state index contributed by atoms with van der Waals surface area (Å²) in [4.78, 5) is 12.1. The average molecular weight is 339 g/mol. The standard InChI is InChI=1S/C15H22N6O.ClH/c1-11(2)7-13(9-16)18-15(22)8-12-3-5-14(6-4-12)21-10-17-19-20-21;/h3-6,10-11,13H,7-9,16H2,1-2H3,(H,18,22);1H. The van der Waals surface area contributed by atoms with Gasteiger partial charge in [-0.15, -0.1) is 17.5 Å². The van der Waals surface area contributed by atoms with Crippen molar-refractivity contribution in [3.05, 3.63) is 36.2 Å². The highest BCUT2D eigenvalue weighted by Gasteiger charge is 2.12. The summed E-state index contributed by atoms with van der Waals surface area (Å²) in [5.74, 6) is 0.496. The van der Waals surface area contributed by atoms with Crippen molar-refractivity contribution in [2.45, 2.75) is 32.7 Å². The van der Waals surface area contributed by atoms with Crippen LogP contribution in [0.3, 0.4) is 0 Å². The van der Waals surface area contributed by atoms with Crippen LogP contribution in [0.2, 0.25) is 0 Å². The maximum Gasteiger partial charge on any atom is 0.224 e. The lowest BCUT2D eigenvalue weighted by Gasteiger charge is -2.18. The van der Waals surface area contributed by atoms with Crippen molar-refractivity contribution in [3.63, 3.8) is 0 Å². The highest BCUT2D eigenvalue weighted by atomic mass is 35.5. The Morgan fingerprint density at radius 1 is 1.30 bits per heavy atom. The fraction of sp³-hybridized carbons (Fsp3) is 0.467. The van der Waals surface area contributed by atoms with E-state index in [0.717, 1.165) is 17.7 Å². The number of nitrogens with two attached hydrogens (primary N) is 1. The Bertz CT molecular complexity index is 585. The third-order valence-corrected chi connectivity index (χ3v) is 3.32.